The number of anilines is 1. The van der Waals surface area contributed by atoms with Crippen molar-refractivity contribution in [3.05, 3.63) is 48.5 Å². The molecule has 2 aliphatic rings. The number of aromatic nitrogens is 4. The van der Waals surface area contributed by atoms with Crippen molar-refractivity contribution in [1.29, 1.82) is 0 Å². The second-order valence-corrected chi connectivity index (χ2v) is 11.1. The number of benzene rings is 1. The summed E-state index contributed by atoms with van der Waals surface area (Å²) in [5, 5.41) is 21.9. The number of phosphoric acid groups is 1. The molecule has 13 heteroatoms. The SMILES string of the molecule is CC1(C)C[C@H](c2ccccc2)OP(=O)(OC[C@H]2O[C@@H](n3cnc4c(N)ncnc43)[C@](C)(O)[C@@H]2O)O1. The fourth-order valence-corrected chi connectivity index (χ4v) is 6.16. The lowest BCUT2D eigenvalue weighted by atomic mass is 9.96. The van der Waals surface area contributed by atoms with Crippen molar-refractivity contribution in [3.63, 3.8) is 0 Å². The normalized spacial score (nSPS) is 34.9. The molecular formula is C22H28N5O7P. The second-order valence-electron chi connectivity index (χ2n) is 9.58. The van der Waals surface area contributed by atoms with Gasteiger partial charge in [-0.2, -0.15) is 0 Å². The molecule has 1 unspecified atom stereocenters. The minimum Gasteiger partial charge on any atom is -0.387 e. The Morgan fingerprint density at radius 2 is 1.97 bits per heavy atom. The zero-order valence-corrected chi connectivity index (χ0v) is 20.4. The van der Waals surface area contributed by atoms with Gasteiger partial charge < -0.3 is 20.7 Å². The van der Waals surface area contributed by atoms with E-state index in [0.29, 0.717) is 17.6 Å². The van der Waals surface area contributed by atoms with Crippen LogP contribution in [0.25, 0.3) is 11.2 Å². The number of aliphatic hydroxyl groups excluding tert-OH is 1. The zero-order chi connectivity index (χ0) is 25.0. The van der Waals surface area contributed by atoms with Gasteiger partial charge in [-0.15, -0.1) is 0 Å². The maximum absolute atomic E-state index is 13.5. The van der Waals surface area contributed by atoms with Crippen molar-refractivity contribution in [2.45, 2.75) is 62.9 Å². The number of nitrogens with two attached hydrogens (primary N) is 1. The molecule has 2 aliphatic heterocycles. The molecule has 12 nitrogen and oxygen atoms in total. The molecule has 6 atom stereocenters. The molecule has 1 aromatic carbocycles. The Morgan fingerprint density at radius 3 is 2.71 bits per heavy atom. The molecule has 0 spiro atoms. The van der Waals surface area contributed by atoms with Crippen LogP contribution in [-0.4, -0.2) is 59.7 Å². The summed E-state index contributed by atoms with van der Waals surface area (Å²) in [4.78, 5) is 12.3. The predicted molar refractivity (Wildman–Crippen MR) is 124 cm³/mol. The zero-order valence-electron chi connectivity index (χ0n) is 19.5. The van der Waals surface area contributed by atoms with Crippen LogP contribution in [0.1, 0.15) is 45.1 Å². The highest BCUT2D eigenvalue weighted by Gasteiger charge is 2.55. The molecular weight excluding hydrogens is 477 g/mol. The van der Waals surface area contributed by atoms with Crippen molar-refractivity contribution in [1.82, 2.24) is 19.5 Å². The topological polar surface area (TPSA) is 164 Å². The van der Waals surface area contributed by atoms with E-state index in [4.69, 9.17) is 24.0 Å². The van der Waals surface area contributed by atoms with E-state index in [1.165, 1.54) is 24.1 Å². The first-order valence-corrected chi connectivity index (χ1v) is 12.6. The number of imidazole rings is 1. The van der Waals surface area contributed by atoms with E-state index < -0.39 is 43.6 Å². The summed E-state index contributed by atoms with van der Waals surface area (Å²) in [6.45, 7) is 4.68. The van der Waals surface area contributed by atoms with Crippen LogP contribution in [0.3, 0.4) is 0 Å². The Hall–Kier alpha value is -2.44. The lowest BCUT2D eigenvalue weighted by Crippen LogP contribution is -2.44. The Balaban J connectivity index is 1.34. The van der Waals surface area contributed by atoms with E-state index in [1.54, 1.807) is 13.8 Å². The van der Waals surface area contributed by atoms with E-state index in [0.717, 1.165) is 5.56 Å². The first-order valence-electron chi connectivity index (χ1n) is 11.2. The van der Waals surface area contributed by atoms with Gasteiger partial charge in [0.2, 0.25) is 0 Å². The van der Waals surface area contributed by atoms with Gasteiger partial charge >= 0.3 is 7.82 Å². The molecule has 5 rings (SSSR count). The lowest BCUT2D eigenvalue weighted by Gasteiger charge is -2.39. The maximum Gasteiger partial charge on any atom is 0.476 e. The summed E-state index contributed by atoms with van der Waals surface area (Å²) in [5.41, 5.74) is 4.83. The number of rotatable bonds is 5. The quantitative estimate of drug-likeness (QED) is 0.436. The smallest absolute Gasteiger partial charge is 0.387 e. The van der Waals surface area contributed by atoms with Gasteiger partial charge in [-0.25, -0.2) is 19.5 Å². The molecule has 2 aromatic heterocycles. The average molecular weight is 505 g/mol. The molecule has 0 saturated carbocycles. The molecule has 2 saturated heterocycles. The lowest BCUT2D eigenvalue weighted by molar-refractivity contribution is -0.0967. The first-order chi connectivity index (χ1) is 16.5. The highest BCUT2D eigenvalue weighted by Crippen LogP contribution is 2.61. The van der Waals surface area contributed by atoms with Crippen LogP contribution in [0.4, 0.5) is 5.82 Å². The highest BCUT2D eigenvalue weighted by atomic mass is 31.2. The number of nitrogen functional groups attached to an aromatic ring is 1. The van der Waals surface area contributed by atoms with Crippen LogP contribution in [0.2, 0.25) is 0 Å². The van der Waals surface area contributed by atoms with Crippen LogP contribution in [0.5, 0.6) is 0 Å². The summed E-state index contributed by atoms with van der Waals surface area (Å²) in [5.74, 6) is 0.173. The number of hydrogen-bond donors (Lipinski definition) is 3. The number of fused-ring (bicyclic) bond motifs is 1. The van der Waals surface area contributed by atoms with Gasteiger partial charge in [0.15, 0.2) is 17.7 Å². The van der Waals surface area contributed by atoms with Crippen molar-refractivity contribution >= 4 is 24.8 Å². The van der Waals surface area contributed by atoms with Crippen molar-refractivity contribution in [2.24, 2.45) is 0 Å². The number of nitrogens with zero attached hydrogens (tertiary/aromatic N) is 4. The van der Waals surface area contributed by atoms with E-state index in [1.807, 2.05) is 30.3 Å². The van der Waals surface area contributed by atoms with Crippen LogP contribution < -0.4 is 5.73 Å². The minimum atomic E-state index is -4.03. The van der Waals surface area contributed by atoms with Gasteiger partial charge in [0.25, 0.3) is 0 Å². The maximum atomic E-state index is 13.5. The molecule has 0 bridgehead atoms. The molecule has 2 fully saturated rings. The third-order valence-electron chi connectivity index (χ3n) is 6.25. The second kappa shape index (κ2) is 8.59. The van der Waals surface area contributed by atoms with Gasteiger partial charge in [0, 0.05) is 6.42 Å². The standard InChI is InChI=1S/C22H28N5O7P/c1-21(2)9-14(13-7-5-4-6-8-13)33-35(30,34-21)31-10-15-17(28)22(3,29)20(32-15)27-12-26-16-18(23)24-11-25-19(16)27/h4-8,11-12,14-15,17,20,28-29H,9-10H2,1-3H3,(H2,23,24,25)/t14-,15-,17-,20-,22-,35?/m1/s1. The number of ether oxygens (including phenoxy) is 1. The summed E-state index contributed by atoms with van der Waals surface area (Å²) in [6, 6.07) is 9.39. The van der Waals surface area contributed by atoms with E-state index in [-0.39, 0.29) is 12.4 Å². The average Bonchev–Trinajstić information content (AvgIpc) is 3.31. The summed E-state index contributed by atoms with van der Waals surface area (Å²) < 4.78 is 38.0. The fraction of sp³-hybridized carbons (Fsp3) is 0.500. The van der Waals surface area contributed by atoms with Gasteiger partial charge in [-0.05, 0) is 26.3 Å². The van der Waals surface area contributed by atoms with Crippen LogP contribution in [0, 0.1) is 0 Å². The largest absolute Gasteiger partial charge is 0.476 e. The summed E-state index contributed by atoms with van der Waals surface area (Å²) in [6.07, 6.45) is -0.879. The number of phosphoric ester groups is 1. The van der Waals surface area contributed by atoms with Crippen LogP contribution >= 0.6 is 7.82 Å². The van der Waals surface area contributed by atoms with Crippen molar-refractivity contribution in [2.75, 3.05) is 12.3 Å². The summed E-state index contributed by atoms with van der Waals surface area (Å²) in [7, 11) is -4.03. The summed E-state index contributed by atoms with van der Waals surface area (Å²) >= 11 is 0. The van der Waals surface area contributed by atoms with Gasteiger partial charge in [0.1, 0.15) is 29.7 Å². The van der Waals surface area contributed by atoms with E-state index in [2.05, 4.69) is 15.0 Å². The van der Waals surface area contributed by atoms with Crippen molar-refractivity contribution < 1.29 is 33.1 Å². The van der Waals surface area contributed by atoms with Gasteiger partial charge in [-0.1, -0.05) is 30.3 Å². The molecule has 3 aromatic rings. The van der Waals surface area contributed by atoms with E-state index >= 15 is 0 Å². The minimum absolute atomic E-state index is 0.173. The van der Waals surface area contributed by atoms with E-state index in [9.17, 15) is 14.8 Å². The van der Waals surface area contributed by atoms with Crippen LogP contribution in [0.15, 0.2) is 43.0 Å². The third kappa shape index (κ3) is 4.47. The molecule has 4 N–H and O–H groups in total. The number of hydrogen-bond acceptors (Lipinski definition) is 11. The Kier molecular flexibility index (Phi) is 5.96. The first kappa shape index (κ1) is 24.3. The Morgan fingerprint density at radius 1 is 1.23 bits per heavy atom. The van der Waals surface area contributed by atoms with Gasteiger partial charge in [0.05, 0.1) is 24.6 Å². The molecule has 188 valence electrons. The van der Waals surface area contributed by atoms with Gasteiger partial charge in [-0.3, -0.25) is 18.1 Å². The number of aliphatic hydroxyl groups is 2. The molecule has 0 radical (unpaired) electrons. The predicted octanol–water partition coefficient (Wildman–Crippen LogP) is 2.50. The monoisotopic (exact) mass is 505 g/mol. The fourth-order valence-electron chi connectivity index (χ4n) is 4.49. The Labute approximate surface area is 201 Å². The molecule has 35 heavy (non-hydrogen) atoms. The van der Waals surface area contributed by atoms with Crippen molar-refractivity contribution in [3.8, 4) is 0 Å². The molecule has 4 heterocycles. The molecule has 0 amide bonds. The Bertz CT molecular complexity index is 1270. The van der Waals surface area contributed by atoms with Crippen LogP contribution in [-0.2, 0) is 22.9 Å². The molecule has 0 aliphatic carbocycles. The third-order valence-corrected chi connectivity index (χ3v) is 7.95. The highest BCUT2D eigenvalue weighted by molar-refractivity contribution is 7.48.